The summed E-state index contributed by atoms with van der Waals surface area (Å²) in [4.78, 5) is 0. The molecule has 2 aliphatic rings. The summed E-state index contributed by atoms with van der Waals surface area (Å²) in [6.07, 6.45) is -7.56. The van der Waals surface area contributed by atoms with Crippen molar-refractivity contribution in [1.82, 2.24) is 0 Å². The molecule has 0 radical (unpaired) electrons. The molecule has 2 N–H and O–H groups in total. The van der Waals surface area contributed by atoms with Gasteiger partial charge in [-0.3, -0.25) is 0 Å². The monoisotopic (exact) mass is 774 g/mol. The van der Waals surface area contributed by atoms with Gasteiger partial charge in [0.15, 0.2) is 62.5 Å². The minimum Gasteiger partial charge on any atom is -0.415 e. The molecule has 17 heteroatoms. The number of aliphatic hydroxyl groups is 2. The zero-order valence-corrected chi connectivity index (χ0v) is 38.8. The second-order valence-electron chi connectivity index (χ2n) is 18.8. The van der Waals surface area contributed by atoms with Gasteiger partial charge in [0, 0.05) is 0 Å². The van der Waals surface area contributed by atoms with E-state index >= 15 is 0 Å². The van der Waals surface area contributed by atoms with Gasteiger partial charge in [-0.2, -0.15) is 0 Å². The fourth-order valence-corrected chi connectivity index (χ4v) is 11.6. The van der Waals surface area contributed by atoms with E-state index in [9.17, 15) is 10.2 Å². The van der Waals surface area contributed by atoms with Crippen molar-refractivity contribution in [3.63, 3.8) is 0 Å². The van der Waals surface area contributed by atoms with Crippen molar-refractivity contribution in [1.29, 1.82) is 0 Å². The Morgan fingerprint density at radius 1 is 0.447 bits per heavy atom. The molecule has 0 amide bonds. The third-order valence-corrected chi connectivity index (χ3v) is 12.7. The predicted molar refractivity (Wildman–Crippen MR) is 202 cm³/mol. The van der Waals surface area contributed by atoms with Crippen LogP contribution in [0.3, 0.4) is 0 Å². The molecule has 2 fully saturated rings. The molecule has 11 nitrogen and oxygen atoms in total. The summed E-state index contributed by atoms with van der Waals surface area (Å²) in [6, 6.07) is 0. The van der Waals surface area contributed by atoms with E-state index in [4.69, 9.17) is 40.8 Å². The van der Waals surface area contributed by atoms with Crippen molar-refractivity contribution in [2.24, 2.45) is 0 Å². The van der Waals surface area contributed by atoms with E-state index < -0.39 is 111 Å². The van der Waals surface area contributed by atoms with Crippen LogP contribution in [0.25, 0.3) is 0 Å². The van der Waals surface area contributed by atoms with Gasteiger partial charge in [0.25, 0.3) is 0 Å². The van der Waals surface area contributed by atoms with E-state index in [0.717, 1.165) is 0 Å². The first-order valence-corrected chi connectivity index (χ1v) is 37.6. The highest BCUT2D eigenvalue weighted by Gasteiger charge is 2.56. The molecule has 0 bridgehead atoms. The van der Waals surface area contributed by atoms with Crippen LogP contribution in [0.1, 0.15) is 0 Å². The largest absolute Gasteiger partial charge is 0.415 e. The second-order valence-corrected chi connectivity index (χ2v) is 45.6. The van der Waals surface area contributed by atoms with Gasteiger partial charge < -0.3 is 51.0 Å². The molecular formula is C30H70O11Si6. The van der Waals surface area contributed by atoms with Crippen LogP contribution in [0.4, 0.5) is 0 Å². The smallest absolute Gasteiger partial charge is 0.186 e. The van der Waals surface area contributed by atoms with E-state index in [1.54, 1.807) is 0 Å². The molecule has 0 aromatic carbocycles. The highest BCUT2D eigenvalue weighted by Crippen LogP contribution is 2.38. The molecule has 2 rings (SSSR count). The lowest BCUT2D eigenvalue weighted by Gasteiger charge is -2.53. The number of hydrogen-bond donors (Lipinski definition) is 2. The van der Waals surface area contributed by atoms with Gasteiger partial charge in [-0.15, -0.1) is 0 Å². The first kappa shape index (κ1) is 44.0. The van der Waals surface area contributed by atoms with Gasteiger partial charge in [-0.1, -0.05) is 0 Å². The highest BCUT2D eigenvalue weighted by atomic mass is 28.4. The van der Waals surface area contributed by atoms with E-state index in [2.05, 4.69) is 118 Å². The Labute approximate surface area is 292 Å². The molecule has 0 aliphatic carbocycles. The van der Waals surface area contributed by atoms with Crippen molar-refractivity contribution in [2.45, 2.75) is 179 Å². The lowest BCUT2D eigenvalue weighted by atomic mass is 9.97. The average molecular weight is 775 g/mol. The summed E-state index contributed by atoms with van der Waals surface area (Å²) in [6.45, 7) is 38.0. The quantitative estimate of drug-likeness (QED) is 0.186. The third kappa shape index (κ3) is 15.6. The standard InChI is InChI=1S/C30H70O11Si6/c1-42(2,3)33-20-22-23(25(38-44(7,8)9)27(29(32)34-22)40-46(13,14)15)36-30-28(41-47(16,17)18)26(39-45(10,11)12)24(21(19-31)35-30)37-43(4,5)6/h21-32H,19-20H2,1-18H3/t21-,22-,23-,24+,25+,26+,27-,28-,29+,30+/m1/s1. The Hall–Kier alpha value is 0.861. The fraction of sp³-hybridized carbons (Fsp3) is 1.00. The van der Waals surface area contributed by atoms with Crippen LogP contribution in [0, 0.1) is 0 Å². The number of aliphatic hydroxyl groups excluding tert-OH is 2. The van der Waals surface area contributed by atoms with Crippen LogP contribution in [0.2, 0.25) is 118 Å². The van der Waals surface area contributed by atoms with Crippen LogP contribution in [-0.2, 0) is 40.8 Å². The number of hydrogen-bond acceptors (Lipinski definition) is 11. The maximum absolute atomic E-state index is 11.4. The first-order valence-electron chi connectivity index (χ1n) is 17.2. The fourth-order valence-electron chi connectivity index (χ4n) is 5.52. The maximum Gasteiger partial charge on any atom is 0.186 e. The molecule has 0 aromatic rings. The van der Waals surface area contributed by atoms with Crippen molar-refractivity contribution >= 4 is 49.9 Å². The minimum absolute atomic E-state index is 0.203. The summed E-state index contributed by atoms with van der Waals surface area (Å²) >= 11 is 0. The van der Waals surface area contributed by atoms with Crippen LogP contribution in [0.15, 0.2) is 0 Å². The van der Waals surface area contributed by atoms with Crippen molar-refractivity contribution in [3.8, 4) is 0 Å². The number of ether oxygens (including phenoxy) is 3. The lowest BCUT2D eigenvalue weighted by Crippen LogP contribution is -2.69. The highest BCUT2D eigenvalue weighted by molar-refractivity contribution is 6.71. The molecule has 0 aromatic heterocycles. The molecule has 0 unspecified atom stereocenters. The summed E-state index contributed by atoms with van der Waals surface area (Å²) < 4.78 is 60.4. The molecule has 10 atom stereocenters. The Bertz CT molecular complexity index is 968. The zero-order valence-electron chi connectivity index (χ0n) is 32.8. The van der Waals surface area contributed by atoms with E-state index in [-0.39, 0.29) is 13.2 Å². The normalized spacial score (nSPS) is 33.7. The topological polar surface area (TPSA) is 124 Å². The van der Waals surface area contributed by atoms with Crippen LogP contribution < -0.4 is 0 Å². The van der Waals surface area contributed by atoms with Gasteiger partial charge in [0.1, 0.15) is 48.8 Å². The molecule has 2 saturated heterocycles. The molecule has 280 valence electrons. The van der Waals surface area contributed by atoms with Gasteiger partial charge in [0.05, 0.1) is 13.2 Å². The molecule has 47 heavy (non-hydrogen) atoms. The van der Waals surface area contributed by atoms with Gasteiger partial charge >= 0.3 is 0 Å². The van der Waals surface area contributed by atoms with Crippen LogP contribution in [0.5, 0.6) is 0 Å². The molecule has 0 spiro atoms. The van der Waals surface area contributed by atoms with Crippen molar-refractivity contribution in [2.75, 3.05) is 13.2 Å². The van der Waals surface area contributed by atoms with E-state index in [1.807, 2.05) is 0 Å². The van der Waals surface area contributed by atoms with Crippen molar-refractivity contribution < 1.29 is 51.0 Å². The minimum atomic E-state index is -2.23. The summed E-state index contributed by atoms with van der Waals surface area (Å²) in [5.74, 6) is 0. The first-order chi connectivity index (χ1) is 20.9. The molecule has 0 saturated carbocycles. The molecule has 2 heterocycles. The van der Waals surface area contributed by atoms with Gasteiger partial charge in [-0.05, 0) is 118 Å². The zero-order chi connectivity index (χ0) is 36.6. The maximum atomic E-state index is 11.4. The van der Waals surface area contributed by atoms with Crippen LogP contribution in [-0.4, -0.2) is 135 Å². The Morgan fingerprint density at radius 2 is 0.830 bits per heavy atom. The van der Waals surface area contributed by atoms with Gasteiger partial charge in [-0.25, -0.2) is 0 Å². The van der Waals surface area contributed by atoms with Gasteiger partial charge in [0.2, 0.25) is 0 Å². The summed E-state index contributed by atoms with van der Waals surface area (Å²) in [7, 11) is -12.9. The predicted octanol–water partition coefficient (Wildman–Crippen LogP) is 5.76. The Kier molecular flexibility index (Phi) is 15.2. The summed E-state index contributed by atoms with van der Waals surface area (Å²) in [5.41, 5.74) is 0. The number of rotatable bonds is 16. The third-order valence-electron chi connectivity index (χ3n) is 6.80. The van der Waals surface area contributed by atoms with Crippen LogP contribution >= 0.6 is 0 Å². The Morgan fingerprint density at radius 3 is 1.23 bits per heavy atom. The Balaban J connectivity index is 2.74. The lowest BCUT2D eigenvalue weighted by molar-refractivity contribution is -0.347. The SMILES string of the molecule is C[Si](C)(C)OC[C@H]1O[C@H](O)[C@H](O[Si](C)(C)C)[C@@H](O[Si](C)(C)C)[C@@H]1O[C@@H]1O[C@H](CO)[C@H](O[Si](C)(C)C)[C@H](O[Si](C)(C)C)[C@H]1O[Si](C)(C)C. The van der Waals surface area contributed by atoms with Crippen molar-refractivity contribution in [3.05, 3.63) is 0 Å². The average Bonchev–Trinajstić information content (AvgIpc) is 2.80. The molecule has 2 aliphatic heterocycles. The molecular weight excluding hydrogens is 705 g/mol. The second kappa shape index (κ2) is 16.3. The summed E-state index contributed by atoms with van der Waals surface area (Å²) in [5, 5.41) is 22.1. The van der Waals surface area contributed by atoms with E-state index in [1.165, 1.54) is 0 Å². The van der Waals surface area contributed by atoms with E-state index in [0.29, 0.717) is 0 Å².